The number of para-hydroxylation sites is 1. The van der Waals surface area contributed by atoms with Gasteiger partial charge in [0.15, 0.2) is 0 Å². The molecule has 1 aliphatic carbocycles. The predicted molar refractivity (Wildman–Crippen MR) is 81.2 cm³/mol. The zero-order valence-electron chi connectivity index (χ0n) is 12.5. The maximum Gasteiger partial charge on any atom is 0.326 e. The second-order valence-corrected chi connectivity index (χ2v) is 5.60. The summed E-state index contributed by atoms with van der Waals surface area (Å²) in [5.41, 5.74) is 1.47. The quantitative estimate of drug-likeness (QED) is 0.802. The number of anilines is 1. The number of carbonyl (C=O) groups is 1. The van der Waals surface area contributed by atoms with Crippen LogP contribution >= 0.6 is 0 Å². The lowest BCUT2D eigenvalue weighted by atomic mass is 9.92. The van der Waals surface area contributed by atoms with Crippen LogP contribution in [0.25, 0.3) is 0 Å². The number of hydrogen-bond donors (Lipinski definition) is 2. The second-order valence-electron chi connectivity index (χ2n) is 5.60. The third-order valence-corrected chi connectivity index (χ3v) is 4.38. The lowest BCUT2D eigenvalue weighted by Crippen LogP contribution is -2.59. The van der Waals surface area contributed by atoms with Gasteiger partial charge in [-0.25, -0.2) is 0 Å². The van der Waals surface area contributed by atoms with Crippen LogP contribution in [0.4, 0.5) is 5.69 Å². The van der Waals surface area contributed by atoms with E-state index in [2.05, 4.69) is 36.2 Å². The van der Waals surface area contributed by atoms with Gasteiger partial charge in [-0.15, -0.1) is 0 Å². The molecule has 0 aliphatic heterocycles. The molecule has 110 valence electrons. The van der Waals surface area contributed by atoms with Crippen LogP contribution in [0.1, 0.15) is 25.3 Å². The van der Waals surface area contributed by atoms with Gasteiger partial charge < -0.3 is 15.3 Å². The molecule has 4 heteroatoms. The van der Waals surface area contributed by atoms with Gasteiger partial charge in [0.05, 0.1) is 0 Å². The van der Waals surface area contributed by atoms with Gasteiger partial charge in [0.1, 0.15) is 5.54 Å². The fraction of sp³-hybridized carbons (Fsp3) is 0.562. The summed E-state index contributed by atoms with van der Waals surface area (Å²) in [6.45, 7) is 5.44. The summed E-state index contributed by atoms with van der Waals surface area (Å²) in [6, 6.07) is 8.14. The molecule has 1 aromatic rings. The zero-order valence-corrected chi connectivity index (χ0v) is 12.5. The van der Waals surface area contributed by atoms with Gasteiger partial charge >= 0.3 is 5.97 Å². The van der Waals surface area contributed by atoms with E-state index in [-0.39, 0.29) is 5.92 Å². The molecule has 1 aliphatic rings. The van der Waals surface area contributed by atoms with E-state index in [1.54, 1.807) is 7.05 Å². The van der Waals surface area contributed by atoms with E-state index in [0.29, 0.717) is 6.54 Å². The van der Waals surface area contributed by atoms with Crippen LogP contribution in [0.2, 0.25) is 0 Å². The van der Waals surface area contributed by atoms with Crippen LogP contribution < -0.4 is 10.2 Å². The van der Waals surface area contributed by atoms with E-state index in [1.807, 2.05) is 12.1 Å². The first-order valence-electron chi connectivity index (χ1n) is 7.28. The number of carboxylic acids is 1. The fourth-order valence-electron chi connectivity index (χ4n) is 2.92. The molecule has 0 bridgehead atoms. The molecule has 0 aromatic heterocycles. The van der Waals surface area contributed by atoms with Gasteiger partial charge in [-0.2, -0.15) is 0 Å². The average molecular weight is 276 g/mol. The van der Waals surface area contributed by atoms with E-state index >= 15 is 0 Å². The van der Waals surface area contributed by atoms with Crippen LogP contribution in [0.3, 0.4) is 0 Å². The summed E-state index contributed by atoms with van der Waals surface area (Å²) in [5.74, 6) is -0.502. The van der Waals surface area contributed by atoms with Crippen molar-refractivity contribution in [3.63, 3.8) is 0 Å². The molecule has 20 heavy (non-hydrogen) atoms. The van der Waals surface area contributed by atoms with Crippen molar-refractivity contribution < 1.29 is 9.90 Å². The summed E-state index contributed by atoms with van der Waals surface area (Å²) in [5, 5.41) is 12.8. The van der Waals surface area contributed by atoms with E-state index in [9.17, 15) is 9.90 Å². The summed E-state index contributed by atoms with van der Waals surface area (Å²) in [4.78, 5) is 14.0. The maximum atomic E-state index is 11.8. The molecule has 4 nitrogen and oxygen atoms in total. The molecule has 1 fully saturated rings. The Kier molecular flexibility index (Phi) is 4.33. The first kappa shape index (κ1) is 14.9. The Balaban J connectivity index is 2.28. The van der Waals surface area contributed by atoms with Crippen molar-refractivity contribution in [1.82, 2.24) is 5.32 Å². The molecule has 0 amide bonds. The number of aliphatic carboxylic acids is 1. The number of hydrogen-bond acceptors (Lipinski definition) is 3. The third kappa shape index (κ3) is 2.66. The van der Waals surface area contributed by atoms with Gasteiger partial charge in [0, 0.05) is 18.8 Å². The number of rotatable bonds is 7. The Morgan fingerprint density at radius 2 is 2.10 bits per heavy atom. The molecule has 0 radical (unpaired) electrons. The van der Waals surface area contributed by atoms with Gasteiger partial charge in [-0.3, -0.25) is 4.79 Å². The Morgan fingerprint density at radius 1 is 1.45 bits per heavy atom. The molecule has 1 saturated carbocycles. The summed E-state index contributed by atoms with van der Waals surface area (Å²) >= 11 is 0. The minimum absolute atomic E-state index is 0.239. The Hall–Kier alpha value is -1.55. The van der Waals surface area contributed by atoms with Crippen molar-refractivity contribution in [3.05, 3.63) is 29.8 Å². The molecule has 2 N–H and O–H groups in total. The van der Waals surface area contributed by atoms with E-state index in [1.165, 1.54) is 5.56 Å². The fourth-order valence-corrected chi connectivity index (χ4v) is 2.92. The highest BCUT2D eigenvalue weighted by Crippen LogP contribution is 2.41. The smallest absolute Gasteiger partial charge is 0.326 e. The van der Waals surface area contributed by atoms with E-state index < -0.39 is 11.5 Å². The Bertz CT molecular complexity index is 485. The number of nitrogens with zero attached hydrogens (tertiary/aromatic N) is 1. The van der Waals surface area contributed by atoms with Crippen molar-refractivity contribution in [2.75, 3.05) is 25.0 Å². The van der Waals surface area contributed by atoms with Crippen molar-refractivity contribution in [1.29, 1.82) is 0 Å². The first-order chi connectivity index (χ1) is 9.55. The minimum atomic E-state index is -0.835. The summed E-state index contributed by atoms with van der Waals surface area (Å²) < 4.78 is 0. The average Bonchev–Trinajstić information content (AvgIpc) is 3.26. The molecule has 0 heterocycles. The van der Waals surface area contributed by atoms with Gasteiger partial charge in [-0.1, -0.05) is 18.2 Å². The van der Waals surface area contributed by atoms with Crippen molar-refractivity contribution in [2.24, 2.45) is 5.92 Å². The largest absolute Gasteiger partial charge is 0.480 e. The van der Waals surface area contributed by atoms with Crippen LogP contribution in [0.5, 0.6) is 0 Å². The molecule has 1 unspecified atom stereocenters. The number of nitrogens with one attached hydrogen (secondary N) is 1. The first-order valence-corrected chi connectivity index (χ1v) is 7.28. The van der Waals surface area contributed by atoms with E-state index in [4.69, 9.17) is 0 Å². The molecule has 2 rings (SSSR count). The highest BCUT2D eigenvalue weighted by atomic mass is 16.4. The van der Waals surface area contributed by atoms with E-state index in [0.717, 1.165) is 25.1 Å². The van der Waals surface area contributed by atoms with Crippen molar-refractivity contribution in [3.8, 4) is 0 Å². The molecule has 1 atom stereocenters. The summed E-state index contributed by atoms with van der Waals surface area (Å²) in [6.07, 6.45) is 2.00. The molecule has 0 spiro atoms. The molecule has 1 aromatic carbocycles. The third-order valence-electron chi connectivity index (χ3n) is 4.38. The minimum Gasteiger partial charge on any atom is -0.480 e. The van der Waals surface area contributed by atoms with Crippen LogP contribution in [0, 0.1) is 12.8 Å². The van der Waals surface area contributed by atoms with Gasteiger partial charge in [0.2, 0.25) is 0 Å². The number of carboxylic acid groups (broad SMARTS) is 1. The Morgan fingerprint density at radius 3 is 2.55 bits per heavy atom. The number of benzene rings is 1. The maximum absolute atomic E-state index is 11.8. The molecule has 0 saturated heterocycles. The van der Waals surface area contributed by atoms with Gasteiger partial charge in [-0.05, 0) is 51.3 Å². The number of aryl methyl sites for hydroxylation is 1. The monoisotopic (exact) mass is 276 g/mol. The molecular formula is C16H24N2O2. The van der Waals surface area contributed by atoms with Crippen LogP contribution in [-0.4, -0.2) is 36.8 Å². The van der Waals surface area contributed by atoms with Crippen LogP contribution in [-0.2, 0) is 4.79 Å². The predicted octanol–water partition coefficient (Wildman–Crippen LogP) is 2.27. The van der Waals surface area contributed by atoms with Crippen molar-refractivity contribution in [2.45, 2.75) is 32.2 Å². The molecular weight excluding hydrogens is 252 g/mol. The lowest BCUT2D eigenvalue weighted by molar-refractivity contribution is -0.145. The summed E-state index contributed by atoms with van der Waals surface area (Å²) in [7, 11) is 1.76. The highest BCUT2D eigenvalue weighted by Gasteiger charge is 2.51. The standard InChI is InChI=1S/C16H24N2O2/c1-4-18(14-8-6-5-7-12(14)2)11-16(17-3,15(19)20)13-9-10-13/h5-8,13,17H,4,9-11H2,1-3H3,(H,19,20). The zero-order chi connectivity index (χ0) is 14.8. The SMILES string of the molecule is CCN(CC(NC)(C(=O)O)C1CC1)c1ccccc1C. The van der Waals surface area contributed by atoms with Gasteiger partial charge in [0.25, 0.3) is 0 Å². The number of likely N-dealkylation sites (N-methyl/N-ethyl adjacent to an activating group) is 2. The normalized spacial score (nSPS) is 17.6. The highest BCUT2D eigenvalue weighted by molar-refractivity contribution is 5.81. The van der Waals surface area contributed by atoms with Crippen LogP contribution in [0.15, 0.2) is 24.3 Å². The topological polar surface area (TPSA) is 52.6 Å². The second kappa shape index (κ2) is 5.83. The van der Waals surface area contributed by atoms with Crippen molar-refractivity contribution >= 4 is 11.7 Å². The lowest BCUT2D eigenvalue weighted by Gasteiger charge is -2.36. The Labute approximate surface area is 120 Å².